The quantitative estimate of drug-likeness (QED) is 0.175. The number of para-hydroxylation sites is 2. The van der Waals surface area contributed by atoms with E-state index < -0.39 is 0 Å². The number of hydrogen-bond acceptors (Lipinski definition) is 1. The van der Waals surface area contributed by atoms with Crippen molar-refractivity contribution >= 4 is 65.2 Å². The van der Waals surface area contributed by atoms with E-state index >= 15 is 0 Å². The van der Waals surface area contributed by atoms with Gasteiger partial charge in [-0.25, -0.2) is 0 Å². The van der Waals surface area contributed by atoms with E-state index in [-0.39, 0.29) is 0 Å². The Balaban J connectivity index is 0.991. The summed E-state index contributed by atoms with van der Waals surface area (Å²) < 4.78 is 11.7. The van der Waals surface area contributed by atoms with Crippen LogP contribution in [0.5, 0.6) is 11.5 Å². The van der Waals surface area contributed by atoms with Crippen molar-refractivity contribution in [3.63, 3.8) is 0 Å². The molecule has 1 aliphatic heterocycles. The SMILES string of the molecule is c1ccc(-c2cccc(-c3ccc4c(c3)c3ccccc3n4-c3ccc4c(c3)Oc3cccc5c3c-4cc3c5c4ccccc4n3-c3ccc4ccccc4c3)c2)cc1. The minimum Gasteiger partial charge on any atom is -0.456 e. The summed E-state index contributed by atoms with van der Waals surface area (Å²) in [6.45, 7) is 0. The molecule has 0 saturated heterocycles. The van der Waals surface area contributed by atoms with Gasteiger partial charge in [0, 0.05) is 49.9 Å². The van der Waals surface area contributed by atoms with Crippen LogP contribution in [0.1, 0.15) is 0 Å². The fourth-order valence-electron chi connectivity index (χ4n) is 9.81. The summed E-state index contributed by atoms with van der Waals surface area (Å²) in [4.78, 5) is 0. The summed E-state index contributed by atoms with van der Waals surface area (Å²) in [5.41, 5.74) is 14.0. The minimum absolute atomic E-state index is 0.857. The third kappa shape index (κ3) is 4.76. The molecule has 0 radical (unpaired) electrons. The maximum absolute atomic E-state index is 6.92. The Bertz CT molecular complexity index is 3700. The van der Waals surface area contributed by atoms with E-state index in [0.717, 1.165) is 44.9 Å². The lowest BCUT2D eigenvalue weighted by atomic mass is 9.92. The topological polar surface area (TPSA) is 19.1 Å². The number of hydrogen-bond donors (Lipinski definition) is 0. The van der Waals surface area contributed by atoms with Gasteiger partial charge in [0.25, 0.3) is 0 Å². The van der Waals surface area contributed by atoms with Gasteiger partial charge in [0.05, 0.1) is 22.1 Å². The van der Waals surface area contributed by atoms with Gasteiger partial charge < -0.3 is 13.9 Å². The van der Waals surface area contributed by atoms with E-state index in [0.29, 0.717) is 0 Å². The third-order valence-electron chi connectivity index (χ3n) is 12.5. The van der Waals surface area contributed by atoms with Gasteiger partial charge in [0.1, 0.15) is 11.5 Å². The Morgan fingerprint density at radius 1 is 0.288 bits per heavy atom. The fraction of sp³-hybridized carbons (Fsp3) is 0. The zero-order valence-electron chi connectivity index (χ0n) is 31.9. The molecule has 0 aliphatic carbocycles. The summed E-state index contributed by atoms with van der Waals surface area (Å²) in [5.74, 6) is 1.74. The highest BCUT2D eigenvalue weighted by molar-refractivity contribution is 6.26. The molecule has 274 valence electrons. The van der Waals surface area contributed by atoms with E-state index in [4.69, 9.17) is 4.74 Å². The molecule has 3 heterocycles. The number of nitrogens with zero attached hydrogens (tertiary/aromatic N) is 2. The molecule has 3 nitrogen and oxygen atoms in total. The van der Waals surface area contributed by atoms with E-state index in [1.807, 2.05) is 0 Å². The molecule has 2 aromatic heterocycles. The summed E-state index contributed by atoms with van der Waals surface area (Å²) in [6.07, 6.45) is 0. The smallest absolute Gasteiger partial charge is 0.137 e. The Morgan fingerprint density at radius 3 is 1.80 bits per heavy atom. The van der Waals surface area contributed by atoms with Crippen LogP contribution < -0.4 is 4.74 Å². The average molecular weight is 751 g/mol. The molecule has 0 bridgehead atoms. The highest BCUT2D eigenvalue weighted by Gasteiger charge is 2.26. The third-order valence-corrected chi connectivity index (χ3v) is 12.5. The molecule has 0 amide bonds. The maximum Gasteiger partial charge on any atom is 0.137 e. The van der Waals surface area contributed by atoms with E-state index in [1.165, 1.54) is 76.6 Å². The predicted molar refractivity (Wildman–Crippen MR) is 247 cm³/mol. The van der Waals surface area contributed by atoms with Crippen molar-refractivity contribution in [1.82, 2.24) is 9.13 Å². The molecule has 12 aromatic rings. The fourth-order valence-corrected chi connectivity index (χ4v) is 9.81. The van der Waals surface area contributed by atoms with Crippen molar-refractivity contribution in [2.75, 3.05) is 0 Å². The molecule has 0 spiro atoms. The molecule has 59 heavy (non-hydrogen) atoms. The Morgan fingerprint density at radius 2 is 0.915 bits per heavy atom. The molecule has 0 atom stereocenters. The highest BCUT2D eigenvalue weighted by Crippen LogP contribution is 2.51. The van der Waals surface area contributed by atoms with Gasteiger partial charge in [-0.2, -0.15) is 0 Å². The molecule has 0 unspecified atom stereocenters. The van der Waals surface area contributed by atoms with Crippen molar-refractivity contribution in [2.45, 2.75) is 0 Å². The molecule has 1 aliphatic rings. The molecule has 0 N–H and O–H groups in total. The molecule has 13 rings (SSSR count). The summed E-state index contributed by atoms with van der Waals surface area (Å²) in [6, 6.07) is 74.9. The first-order valence-electron chi connectivity index (χ1n) is 20.2. The van der Waals surface area contributed by atoms with Crippen LogP contribution in [0.25, 0.3) is 110 Å². The number of fused-ring (bicyclic) bond motifs is 10. The molecule has 10 aromatic carbocycles. The Kier molecular flexibility index (Phi) is 6.72. The number of ether oxygens (including phenoxy) is 1. The van der Waals surface area contributed by atoms with Crippen LogP contribution in [0.15, 0.2) is 206 Å². The van der Waals surface area contributed by atoms with Crippen LogP contribution in [-0.4, -0.2) is 9.13 Å². The minimum atomic E-state index is 0.857. The second-order valence-corrected chi connectivity index (χ2v) is 15.7. The second kappa shape index (κ2) is 12.3. The average Bonchev–Trinajstić information content (AvgIpc) is 3.82. The number of aromatic nitrogens is 2. The van der Waals surface area contributed by atoms with Crippen molar-refractivity contribution < 1.29 is 4.74 Å². The molecular weight excluding hydrogens is 717 g/mol. The van der Waals surface area contributed by atoms with Crippen LogP contribution in [0.4, 0.5) is 0 Å². The summed E-state index contributed by atoms with van der Waals surface area (Å²) in [5, 5.41) is 9.75. The lowest BCUT2D eigenvalue weighted by molar-refractivity contribution is 0.487. The van der Waals surface area contributed by atoms with E-state index in [2.05, 4.69) is 215 Å². The molecule has 3 heteroatoms. The lowest BCUT2D eigenvalue weighted by Gasteiger charge is -2.23. The van der Waals surface area contributed by atoms with Crippen LogP contribution in [0.2, 0.25) is 0 Å². The van der Waals surface area contributed by atoms with Crippen molar-refractivity contribution in [1.29, 1.82) is 0 Å². The van der Waals surface area contributed by atoms with Crippen LogP contribution in [0.3, 0.4) is 0 Å². The van der Waals surface area contributed by atoms with Crippen LogP contribution in [0, 0.1) is 0 Å². The second-order valence-electron chi connectivity index (χ2n) is 15.7. The standard InChI is InChI=1S/C56H34N2O/c1-2-12-35(13-3-1)37-16-10-17-38(30-37)40-25-29-51-47(32-40)43-18-6-8-21-49(43)57(51)42-27-28-44-48-34-52-55(46-20-11-23-53(56(46)48)59-54(44)33-42)45-19-7-9-22-50(45)58(52)41-26-24-36-14-4-5-15-39(36)31-41/h1-34H. The van der Waals surface area contributed by atoms with Crippen molar-refractivity contribution in [3.05, 3.63) is 206 Å². The molecule has 0 saturated carbocycles. The first-order chi connectivity index (χ1) is 29.2. The largest absolute Gasteiger partial charge is 0.456 e. The predicted octanol–water partition coefficient (Wildman–Crippen LogP) is 15.3. The van der Waals surface area contributed by atoms with Gasteiger partial charge in [-0.3, -0.25) is 0 Å². The van der Waals surface area contributed by atoms with Gasteiger partial charge in [-0.05, 0) is 111 Å². The van der Waals surface area contributed by atoms with Crippen molar-refractivity contribution in [3.8, 4) is 56.3 Å². The lowest BCUT2D eigenvalue weighted by Crippen LogP contribution is -2.01. The van der Waals surface area contributed by atoms with E-state index in [9.17, 15) is 0 Å². The van der Waals surface area contributed by atoms with Gasteiger partial charge in [0.15, 0.2) is 0 Å². The summed E-state index contributed by atoms with van der Waals surface area (Å²) in [7, 11) is 0. The van der Waals surface area contributed by atoms with Crippen LogP contribution in [-0.2, 0) is 0 Å². The zero-order valence-corrected chi connectivity index (χ0v) is 31.9. The number of benzene rings is 10. The number of rotatable bonds is 4. The van der Waals surface area contributed by atoms with Crippen molar-refractivity contribution in [2.24, 2.45) is 0 Å². The van der Waals surface area contributed by atoms with Gasteiger partial charge >= 0.3 is 0 Å². The van der Waals surface area contributed by atoms with E-state index in [1.54, 1.807) is 0 Å². The first-order valence-corrected chi connectivity index (χ1v) is 20.2. The zero-order chi connectivity index (χ0) is 38.6. The van der Waals surface area contributed by atoms with Gasteiger partial charge in [0.2, 0.25) is 0 Å². The molecule has 0 fully saturated rings. The van der Waals surface area contributed by atoms with Crippen LogP contribution >= 0.6 is 0 Å². The Labute approximate surface area is 340 Å². The Hall–Kier alpha value is -7.88. The maximum atomic E-state index is 6.92. The summed E-state index contributed by atoms with van der Waals surface area (Å²) >= 11 is 0. The van der Waals surface area contributed by atoms with Gasteiger partial charge in [-0.15, -0.1) is 0 Å². The monoisotopic (exact) mass is 750 g/mol. The van der Waals surface area contributed by atoms with Gasteiger partial charge in [-0.1, -0.05) is 133 Å². The normalized spacial score (nSPS) is 12.2. The molecular formula is C56H34N2O. The highest BCUT2D eigenvalue weighted by atomic mass is 16.5. The first kappa shape index (κ1) is 32.2.